The number of nitrogens with one attached hydrogen (secondary N) is 2. The van der Waals surface area contributed by atoms with Crippen LogP contribution in [0.25, 0.3) is 0 Å². The monoisotopic (exact) mass is 386 g/mol. The van der Waals surface area contributed by atoms with Gasteiger partial charge in [-0.25, -0.2) is 8.42 Å². The lowest BCUT2D eigenvalue weighted by Gasteiger charge is -2.22. The van der Waals surface area contributed by atoms with Gasteiger partial charge in [-0.1, -0.05) is 31.4 Å². The molecule has 6 heteroatoms. The van der Waals surface area contributed by atoms with Gasteiger partial charge in [-0.2, -0.15) is 0 Å². The van der Waals surface area contributed by atoms with E-state index < -0.39 is 10.0 Å². The number of sulfonamides is 1. The van der Waals surface area contributed by atoms with E-state index >= 15 is 0 Å². The summed E-state index contributed by atoms with van der Waals surface area (Å²) in [6, 6.07) is 11.9. The predicted octanol–water partition coefficient (Wildman–Crippen LogP) is 4.17. The molecule has 3 rings (SSSR count). The van der Waals surface area contributed by atoms with Crippen molar-refractivity contribution in [3.63, 3.8) is 0 Å². The zero-order valence-corrected chi connectivity index (χ0v) is 16.6. The lowest BCUT2D eigenvalue weighted by atomic mass is 9.95. The van der Waals surface area contributed by atoms with Crippen molar-refractivity contribution in [2.75, 3.05) is 4.72 Å². The number of hydrogen-bond donors (Lipinski definition) is 2. The third-order valence-corrected chi connectivity index (χ3v) is 6.39. The number of anilines is 1. The van der Waals surface area contributed by atoms with Gasteiger partial charge >= 0.3 is 0 Å². The van der Waals surface area contributed by atoms with E-state index in [1.165, 1.54) is 18.6 Å². The van der Waals surface area contributed by atoms with Gasteiger partial charge in [0.1, 0.15) is 0 Å². The number of carbonyl (C=O) groups excluding carboxylic acids is 1. The summed E-state index contributed by atoms with van der Waals surface area (Å²) >= 11 is 0. The normalized spacial score (nSPS) is 15.3. The van der Waals surface area contributed by atoms with Crippen LogP contribution in [0.3, 0.4) is 0 Å². The van der Waals surface area contributed by atoms with Gasteiger partial charge in [0.05, 0.1) is 10.6 Å². The van der Waals surface area contributed by atoms with Crippen molar-refractivity contribution in [1.29, 1.82) is 0 Å². The lowest BCUT2D eigenvalue weighted by Crippen LogP contribution is -2.36. The molecule has 0 aliphatic heterocycles. The summed E-state index contributed by atoms with van der Waals surface area (Å²) in [5, 5.41) is 3.04. The van der Waals surface area contributed by atoms with Crippen LogP contribution in [0.15, 0.2) is 47.4 Å². The Balaban J connectivity index is 1.71. The number of carbonyl (C=O) groups is 1. The van der Waals surface area contributed by atoms with Crippen molar-refractivity contribution < 1.29 is 13.2 Å². The summed E-state index contributed by atoms with van der Waals surface area (Å²) in [6.45, 7) is 3.77. The third kappa shape index (κ3) is 4.89. The van der Waals surface area contributed by atoms with Gasteiger partial charge in [-0.3, -0.25) is 9.52 Å². The second-order valence-corrected chi connectivity index (χ2v) is 8.94. The smallest absolute Gasteiger partial charge is 0.261 e. The zero-order valence-electron chi connectivity index (χ0n) is 15.8. The molecule has 1 fully saturated rings. The Morgan fingerprint density at radius 1 is 0.963 bits per heavy atom. The number of aryl methyl sites for hydroxylation is 2. The van der Waals surface area contributed by atoms with Crippen LogP contribution in [0, 0.1) is 13.8 Å². The molecule has 5 nitrogen and oxygen atoms in total. The molecule has 144 valence electrons. The first kappa shape index (κ1) is 19.4. The molecule has 2 N–H and O–H groups in total. The molecule has 27 heavy (non-hydrogen) atoms. The van der Waals surface area contributed by atoms with Crippen molar-refractivity contribution in [3.8, 4) is 0 Å². The molecule has 0 heterocycles. The molecule has 0 saturated heterocycles. The molecule has 1 aliphatic carbocycles. The van der Waals surface area contributed by atoms with Crippen molar-refractivity contribution in [1.82, 2.24) is 5.32 Å². The molecule has 0 spiro atoms. The maximum atomic E-state index is 12.7. The van der Waals surface area contributed by atoms with E-state index in [0.717, 1.165) is 36.8 Å². The van der Waals surface area contributed by atoms with Crippen molar-refractivity contribution >= 4 is 21.6 Å². The zero-order chi connectivity index (χ0) is 19.4. The Bertz CT molecular complexity index is 915. The van der Waals surface area contributed by atoms with E-state index in [2.05, 4.69) is 10.0 Å². The number of amides is 1. The summed E-state index contributed by atoms with van der Waals surface area (Å²) in [6.07, 6.45) is 5.54. The largest absolute Gasteiger partial charge is 0.349 e. The van der Waals surface area contributed by atoms with Crippen LogP contribution in [-0.2, 0) is 10.0 Å². The standard InChI is InChI=1S/C21H26N2O3S/c1-15-8-9-16(2)20(14-15)23-27(25,26)19-12-10-17(11-13-19)21(24)22-18-6-4-3-5-7-18/h8-14,18,23H,3-7H2,1-2H3,(H,22,24). The van der Waals surface area contributed by atoms with Crippen LogP contribution in [0.5, 0.6) is 0 Å². The molecule has 0 aromatic heterocycles. The first-order valence-electron chi connectivity index (χ1n) is 9.36. The molecule has 0 atom stereocenters. The molecule has 2 aromatic rings. The molecule has 1 aliphatic rings. The predicted molar refractivity (Wildman–Crippen MR) is 108 cm³/mol. The Kier molecular flexibility index (Phi) is 5.85. The fourth-order valence-corrected chi connectivity index (χ4v) is 4.47. The minimum absolute atomic E-state index is 0.137. The molecular weight excluding hydrogens is 360 g/mol. The number of benzene rings is 2. The van der Waals surface area contributed by atoms with E-state index in [9.17, 15) is 13.2 Å². The van der Waals surface area contributed by atoms with Gasteiger partial charge in [-0.15, -0.1) is 0 Å². The van der Waals surface area contributed by atoms with Crippen molar-refractivity contribution in [2.45, 2.75) is 56.9 Å². The molecule has 0 unspecified atom stereocenters. The Morgan fingerprint density at radius 2 is 1.63 bits per heavy atom. The van der Waals surface area contributed by atoms with Crippen molar-refractivity contribution in [2.24, 2.45) is 0 Å². The van der Waals surface area contributed by atoms with E-state index in [1.807, 2.05) is 26.0 Å². The average molecular weight is 387 g/mol. The van der Waals surface area contributed by atoms with Gasteiger partial charge in [0.25, 0.3) is 15.9 Å². The number of rotatable bonds is 5. The van der Waals surface area contributed by atoms with Crippen LogP contribution in [-0.4, -0.2) is 20.4 Å². The quantitative estimate of drug-likeness (QED) is 0.810. The summed E-state index contributed by atoms with van der Waals surface area (Å²) < 4.78 is 27.9. The molecule has 2 aromatic carbocycles. The minimum Gasteiger partial charge on any atom is -0.349 e. The third-order valence-electron chi connectivity index (χ3n) is 5.00. The molecular formula is C21H26N2O3S. The molecule has 0 radical (unpaired) electrons. The fourth-order valence-electron chi connectivity index (χ4n) is 3.35. The second-order valence-electron chi connectivity index (χ2n) is 7.26. The van der Waals surface area contributed by atoms with Crippen LogP contribution in [0.4, 0.5) is 5.69 Å². The number of hydrogen-bond acceptors (Lipinski definition) is 3. The lowest BCUT2D eigenvalue weighted by molar-refractivity contribution is 0.0927. The van der Waals surface area contributed by atoms with Crippen LogP contribution >= 0.6 is 0 Å². The van der Waals surface area contributed by atoms with Gasteiger partial charge in [0.15, 0.2) is 0 Å². The average Bonchev–Trinajstić information content (AvgIpc) is 2.65. The van der Waals surface area contributed by atoms with E-state index in [0.29, 0.717) is 11.3 Å². The van der Waals surface area contributed by atoms with Gasteiger partial charge < -0.3 is 5.32 Å². The molecule has 0 bridgehead atoms. The first-order valence-corrected chi connectivity index (χ1v) is 10.8. The highest BCUT2D eigenvalue weighted by Gasteiger charge is 2.19. The molecule has 1 saturated carbocycles. The van der Waals surface area contributed by atoms with E-state index in [4.69, 9.17) is 0 Å². The van der Waals surface area contributed by atoms with Crippen LogP contribution in [0.1, 0.15) is 53.6 Å². The molecule has 1 amide bonds. The summed E-state index contributed by atoms with van der Waals surface area (Å²) in [4.78, 5) is 12.5. The first-order chi connectivity index (χ1) is 12.8. The van der Waals surface area contributed by atoms with Crippen molar-refractivity contribution in [3.05, 3.63) is 59.2 Å². The van der Waals surface area contributed by atoms with E-state index in [-0.39, 0.29) is 16.8 Å². The highest BCUT2D eigenvalue weighted by Crippen LogP contribution is 2.22. The van der Waals surface area contributed by atoms with Crippen LogP contribution in [0.2, 0.25) is 0 Å². The Labute approximate surface area is 161 Å². The van der Waals surface area contributed by atoms with Crippen LogP contribution < -0.4 is 10.0 Å². The maximum absolute atomic E-state index is 12.7. The Hall–Kier alpha value is -2.34. The van der Waals surface area contributed by atoms with E-state index in [1.54, 1.807) is 18.2 Å². The minimum atomic E-state index is -3.70. The SMILES string of the molecule is Cc1ccc(C)c(NS(=O)(=O)c2ccc(C(=O)NC3CCCCC3)cc2)c1. The fraction of sp³-hybridized carbons (Fsp3) is 0.381. The Morgan fingerprint density at radius 3 is 2.30 bits per heavy atom. The van der Waals surface area contributed by atoms with Gasteiger partial charge in [-0.05, 0) is 68.1 Å². The highest BCUT2D eigenvalue weighted by molar-refractivity contribution is 7.92. The maximum Gasteiger partial charge on any atom is 0.261 e. The summed E-state index contributed by atoms with van der Waals surface area (Å²) in [5.41, 5.74) is 2.88. The van der Waals surface area contributed by atoms with Gasteiger partial charge in [0.2, 0.25) is 0 Å². The second kappa shape index (κ2) is 8.13. The van der Waals surface area contributed by atoms with Gasteiger partial charge in [0, 0.05) is 11.6 Å². The highest BCUT2D eigenvalue weighted by atomic mass is 32.2. The summed E-state index contributed by atoms with van der Waals surface area (Å²) in [7, 11) is -3.70. The summed E-state index contributed by atoms with van der Waals surface area (Å²) in [5.74, 6) is -0.145. The topological polar surface area (TPSA) is 75.3 Å².